The maximum absolute atomic E-state index is 3.60. The van der Waals surface area contributed by atoms with Crippen LogP contribution in [0.4, 0.5) is 0 Å². The molecule has 0 amide bonds. The van der Waals surface area contributed by atoms with Gasteiger partial charge in [-0.2, -0.15) is 0 Å². The van der Waals surface area contributed by atoms with E-state index in [-0.39, 0.29) is 17.0 Å². The molecule has 3 aromatic carbocycles. The number of hydrogen-bond acceptors (Lipinski definition) is 0. The molecule has 0 aromatic heterocycles. The first kappa shape index (κ1) is 20.4. The summed E-state index contributed by atoms with van der Waals surface area (Å²) in [7, 11) is -1.60. The zero-order chi connectivity index (χ0) is 16.7. The van der Waals surface area contributed by atoms with Gasteiger partial charge in [0.05, 0.1) is 6.16 Å². The fraction of sp³-hybridized carbons (Fsp3) is 0.182. The van der Waals surface area contributed by atoms with Crippen LogP contribution in [-0.4, -0.2) is 11.5 Å². The quantitative estimate of drug-likeness (QED) is 0.231. The Hall–Kier alpha value is -0.950. The Morgan fingerprint density at radius 2 is 0.920 bits per heavy atom. The lowest BCUT2D eigenvalue weighted by molar-refractivity contribution is 0.908. The molecule has 25 heavy (non-hydrogen) atoms. The average molecular weight is 479 g/mol. The molecule has 0 N–H and O–H groups in total. The number of hydrogen-bond donors (Lipinski definition) is 0. The van der Waals surface area contributed by atoms with Gasteiger partial charge >= 0.3 is 0 Å². The van der Waals surface area contributed by atoms with Gasteiger partial charge in [0.15, 0.2) is 0 Å². The third kappa shape index (κ3) is 4.61. The SMILES string of the molecule is Br.BrCCCC[P+](c1ccccc1)(c1ccccc1)c1ccccc1. The van der Waals surface area contributed by atoms with Gasteiger partial charge in [-0.15, -0.1) is 17.0 Å². The Morgan fingerprint density at radius 1 is 0.560 bits per heavy atom. The molecule has 130 valence electrons. The highest BCUT2D eigenvalue weighted by Crippen LogP contribution is 2.55. The van der Waals surface area contributed by atoms with Crippen molar-refractivity contribution in [1.82, 2.24) is 0 Å². The van der Waals surface area contributed by atoms with Crippen LogP contribution in [0.3, 0.4) is 0 Å². The van der Waals surface area contributed by atoms with Crippen LogP contribution in [0.15, 0.2) is 91.0 Å². The van der Waals surface area contributed by atoms with E-state index in [1.165, 1.54) is 34.9 Å². The second-order valence-electron chi connectivity index (χ2n) is 5.94. The predicted molar refractivity (Wildman–Crippen MR) is 123 cm³/mol. The van der Waals surface area contributed by atoms with Crippen LogP contribution < -0.4 is 15.9 Å². The van der Waals surface area contributed by atoms with Gasteiger partial charge in [0.25, 0.3) is 0 Å². The monoisotopic (exact) mass is 477 g/mol. The summed E-state index contributed by atoms with van der Waals surface area (Å²) >= 11 is 3.60. The first-order valence-electron chi connectivity index (χ1n) is 8.49. The molecule has 0 radical (unpaired) electrons. The van der Waals surface area contributed by atoms with Crippen molar-refractivity contribution in [2.45, 2.75) is 12.8 Å². The number of rotatable bonds is 7. The van der Waals surface area contributed by atoms with E-state index in [4.69, 9.17) is 0 Å². The lowest BCUT2D eigenvalue weighted by Gasteiger charge is -2.27. The molecule has 3 rings (SSSR count). The molecule has 0 saturated carbocycles. The van der Waals surface area contributed by atoms with Gasteiger partial charge in [-0.1, -0.05) is 70.5 Å². The van der Waals surface area contributed by atoms with Gasteiger partial charge in [0, 0.05) is 5.33 Å². The standard InChI is InChI=1S/C22H23BrP.BrH/c23-18-10-11-19-24(20-12-4-1-5-13-20,21-14-6-2-7-15-21)22-16-8-3-9-17-22;/h1-9,12-17H,10-11,18-19H2;1H/q+1;. The molecule has 0 saturated heterocycles. The first-order valence-corrected chi connectivity index (χ1v) is 11.6. The Labute approximate surface area is 170 Å². The summed E-state index contributed by atoms with van der Waals surface area (Å²) in [5.74, 6) is 0. The minimum Gasteiger partial charge on any atom is -0.114 e. The zero-order valence-corrected chi connectivity index (χ0v) is 18.4. The minimum atomic E-state index is -1.60. The van der Waals surface area contributed by atoms with Crippen LogP contribution in [0.5, 0.6) is 0 Å². The van der Waals surface area contributed by atoms with Gasteiger partial charge < -0.3 is 0 Å². The van der Waals surface area contributed by atoms with Crippen molar-refractivity contribution in [3.8, 4) is 0 Å². The second-order valence-corrected chi connectivity index (χ2v) is 10.3. The molecule has 0 heterocycles. The topological polar surface area (TPSA) is 0 Å². The third-order valence-corrected chi connectivity index (χ3v) is 9.55. The normalized spacial score (nSPS) is 10.9. The summed E-state index contributed by atoms with van der Waals surface area (Å²) in [4.78, 5) is 0. The Bertz CT molecular complexity index is 633. The molecule has 0 aliphatic rings. The maximum atomic E-state index is 3.60. The molecule has 0 nitrogen and oxygen atoms in total. The largest absolute Gasteiger partial charge is 0.114 e. The van der Waals surface area contributed by atoms with Crippen molar-refractivity contribution in [1.29, 1.82) is 0 Å². The van der Waals surface area contributed by atoms with Crippen molar-refractivity contribution < 1.29 is 0 Å². The lowest BCUT2D eigenvalue weighted by atomic mass is 10.3. The molecule has 0 unspecified atom stereocenters. The van der Waals surface area contributed by atoms with Crippen molar-refractivity contribution in [2.24, 2.45) is 0 Å². The van der Waals surface area contributed by atoms with Crippen molar-refractivity contribution >= 4 is 56.1 Å². The van der Waals surface area contributed by atoms with Crippen LogP contribution in [0.1, 0.15) is 12.8 Å². The number of unbranched alkanes of at least 4 members (excludes halogenated alkanes) is 1. The fourth-order valence-electron chi connectivity index (χ4n) is 3.33. The fourth-order valence-corrected chi connectivity index (χ4v) is 8.13. The van der Waals surface area contributed by atoms with Crippen LogP contribution >= 0.6 is 40.2 Å². The summed E-state index contributed by atoms with van der Waals surface area (Å²) < 4.78 is 0. The smallest absolute Gasteiger partial charge is 0.112 e. The molecule has 0 bridgehead atoms. The van der Waals surface area contributed by atoms with Crippen LogP contribution in [-0.2, 0) is 0 Å². The van der Waals surface area contributed by atoms with Gasteiger partial charge in [-0.05, 0) is 49.2 Å². The number of benzene rings is 3. The van der Waals surface area contributed by atoms with E-state index in [1.54, 1.807) is 0 Å². The number of halogens is 2. The van der Waals surface area contributed by atoms with Crippen LogP contribution in [0, 0.1) is 0 Å². The van der Waals surface area contributed by atoms with E-state index in [0.717, 1.165) is 5.33 Å². The molecule has 3 aromatic rings. The summed E-state index contributed by atoms with van der Waals surface area (Å²) in [6, 6.07) is 33.4. The summed E-state index contributed by atoms with van der Waals surface area (Å²) in [5.41, 5.74) is 0. The lowest BCUT2D eigenvalue weighted by Crippen LogP contribution is -2.33. The van der Waals surface area contributed by atoms with Crippen LogP contribution in [0.2, 0.25) is 0 Å². The molecular formula is C22H24Br2P+. The number of alkyl halides is 1. The Morgan fingerprint density at radius 3 is 1.24 bits per heavy atom. The summed E-state index contributed by atoms with van der Waals surface area (Å²) in [5, 5.41) is 5.52. The summed E-state index contributed by atoms with van der Waals surface area (Å²) in [6.07, 6.45) is 3.67. The highest BCUT2D eigenvalue weighted by atomic mass is 79.9. The molecule has 3 heteroatoms. The Kier molecular flexibility index (Phi) is 8.36. The maximum Gasteiger partial charge on any atom is 0.112 e. The van der Waals surface area contributed by atoms with E-state index >= 15 is 0 Å². The minimum absolute atomic E-state index is 0. The predicted octanol–water partition coefficient (Wildman–Crippen LogP) is 5.73. The van der Waals surface area contributed by atoms with E-state index < -0.39 is 7.26 Å². The Balaban J connectivity index is 0.00000225. The van der Waals surface area contributed by atoms with E-state index in [0.29, 0.717) is 0 Å². The highest BCUT2D eigenvalue weighted by molar-refractivity contribution is 9.09. The van der Waals surface area contributed by atoms with Crippen molar-refractivity contribution in [2.75, 3.05) is 11.5 Å². The summed E-state index contributed by atoms with van der Waals surface area (Å²) in [6.45, 7) is 0. The van der Waals surface area contributed by atoms with Crippen molar-refractivity contribution in [3.63, 3.8) is 0 Å². The molecule has 0 atom stereocenters. The highest BCUT2D eigenvalue weighted by Gasteiger charge is 2.44. The van der Waals surface area contributed by atoms with Gasteiger partial charge in [-0.3, -0.25) is 0 Å². The van der Waals surface area contributed by atoms with Gasteiger partial charge in [-0.25, -0.2) is 0 Å². The van der Waals surface area contributed by atoms with E-state index in [2.05, 4.69) is 107 Å². The van der Waals surface area contributed by atoms with Gasteiger partial charge in [0.2, 0.25) is 0 Å². The molecule has 0 spiro atoms. The van der Waals surface area contributed by atoms with Gasteiger partial charge in [0.1, 0.15) is 23.2 Å². The third-order valence-electron chi connectivity index (χ3n) is 4.47. The van der Waals surface area contributed by atoms with E-state index in [9.17, 15) is 0 Å². The average Bonchev–Trinajstić information content (AvgIpc) is 2.68. The molecule has 0 aliphatic heterocycles. The van der Waals surface area contributed by atoms with Crippen LogP contribution in [0.25, 0.3) is 0 Å². The second kappa shape index (κ2) is 10.3. The zero-order valence-electron chi connectivity index (χ0n) is 14.2. The first-order chi connectivity index (χ1) is 11.9. The van der Waals surface area contributed by atoms with E-state index in [1.807, 2.05) is 0 Å². The van der Waals surface area contributed by atoms with Crippen molar-refractivity contribution in [3.05, 3.63) is 91.0 Å². The molecule has 0 aliphatic carbocycles. The molecule has 0 fully saturated rings. The molecular weight excluding hydrogens is 455 g/mol.